The van der Waals surface area contributed by atoms with Gasteiger partial charge in [-0.1, -0.05) is 51.1 Å². The van der Waals surface area contributed by atoms with Crippen molar-refractivity contribution in [2.75, 3.05) is 6.54 Å². The normalized spacial score (nSPS) is 13.5. The van der Waals surface area contributed by atoms with Gasteiger partial charge in [0.15, 0.2) is 0 Å². The van der Waals surface area contributed by atoms with Gasteiger partial charge in [0.05, 0.1) is 0 Å². The standard InChI is InChI=1S/C17H23NS/c1-5-18-16(14-11-13(2)19-12-14)17(3,4)15-9-7-6-8-10-15/h6-12,16,18H,5H2,1-4H3. The molecule has 19 heavy (non-hydrogen) atoms. The Morgan fingerprint density at radius 3 is 2.42 bits per heavy atom. The quantitative estimate of drug-likeness (QED) is 0.833. The first-order valence-electron chi connectivity index (χ1n) is 6.89. The van der Waals surface area contributed by atoms with Crippen LogP contribution in [-0.4, -0.2) is 6.54 Å². The Labute approximate surface area is 120 Å². The number of aryl methyl sites for hydroxylation is 1. The molecule has 1 aromatic heterocycles. The zero-order valence-corrected chi connectivity index (χ0v) is 13.1. The molecule has 2 heteroatoms. The third-order valence-electron chi connectivity index (χ3n) is 3.73. The summed E-state index contributed by atoms with van der Waals surface area (Å²) in [6.45, 7) is 9.97. The number of likely N-dealkylation sites (N-methyl/N-ethyl adjacent to an activating group) is 1. The molecule has 1 unspecified atom stereocenters. The highest BCUT2D eigenvalue weighted by atomic mass is 32.1. The fraction of sp³-hybridized carbons (Fsp3) is 0.412. The highest BCUT2D eigenvalue weighted by molar-refractivity contribution is 7.10. The van der Waals surface area contributed by atoms with E-state index < -0.39 is 0 Å². The molecule has 1 heterocycles. The van der Waals surface area contributed by atoms with E-state index in [-0.39, 0.29) is 5.41 Å². The molecule has 0 aliphatic heterocycles. The predicted octanol–water partition coefficient (Wildman–Crippen LogP) is 4.68. The first kappa shape index (κ1) is 14.3. The molecule has 1 N–H and O–H groups in total. The lowest BCUT2D eigenvalue weighted by Gasteiger charge is -2.35. The van der Waals surface area contributed by atoms with Crippen LogP contribution in [0.4, 0.5) is 0 Å². The summed E-state index contributed by atoms with van der Waals surface area (Å²) in [7, 11) is 0. The van der Waals surface area contributed by atoms with Crippen molar-refractivity contribution in [2.24, 2.45) is 0 Å². The number of nitrogens with one attached hydrogen (secondary N) is 1. The van der Waals surface area contributed by atoms with Crippen molar-refractivity contribution in [1.29, 1.82) is 0 Å². The van der Waals surface area contributed by atoms with Crippen LogP contribution in [0, 0.1) is 6.92 Å². The van der Waals surface area contributed by atoms with E-state index in [1.165, 1.54) is 16.0 Å². The average Bonchev–Trinajstić information content (AvgIpc) is 2.83. The molecule has 2 rings (SSSR count). The van der Waals surface area contributed by atoms with Crippen molar-refractivity contribution in [2.45, 2.75) is 39.2 Å². The van der Waals surface area contributed by atoms with E-state index in [1.54, 1.807) is 0 Å². The maximum atomic E-state index is 3.66. The molecule has 0 saturated heterocycles. The first-order chi connectivity index (χ1) is 9.05. The van der Waals surface area contributed by atoms with Crippen LogP contribution in [0.5, 0.6) is 0 Å². The van der Waals surface area contributed by atoms with E-state index in [1.807, 2.05) is 11.3 Å². The van der Waals surface area contributed by atoms with Crippen LogP contribution >= 0.6 is 11.3 Å². The van der Waals surface area contributed by atoms with Gasteiger partial charge in [-0.15, -0.1) is 11.3 Å². The van der Waals surface area contributed by atoms with Crippen LogP contribution in [0.25, 0.3) is 0 Å². The second kappa shape index (κ2) is 5.89. The number of benzene rings is 1. The Morgan fingerprint density at radius 2 is 1.89 bits per heavy atom. The van der Waals surface area contributed by atoms with Crippen molar-refractivity contribution in [1.82, 2.24) is 5.32 Å². The van der Waals surface area contributed by atoms with Crippen LogP contribution in [0.2, 0.25) is 0 Å². The van der Waals surface area contributed by atoms with Crippen LogP contribution in [0.15, 0.2) is 41.8 Å². The van der Waals surface area contributed by atoms with E-state index >= 15 is 0 Å². The van der Waals surface area contributed by atoms with E-state index in [4.69, 9.17) is 0 Å². The molecule has 1 atom stereocenters. The number of hydrogen-bond acceptors (Lipinski definition) is 2. The van der Waals surface area contributed by atoms with E-state index in [0.29, 0.717) is 6.04 Å². The second-order valence-corrected chi connectivity index (χ2v) is 6.68. The minimum absolute atomic E-state index is 0.0742. The monoisotopic (exact) mass is 273 g/mol. The smallest absolute Gasteiger partial charge is 0.0421 e. The Morgan fingerprint density at radius 1 is 1.21 bits per heavy atom. The summed E-state index contributed by atoms with van der Waals surface area (Å²) >= 11 is 1.83. The minimum atomic E-state index is 0.0742. The van der Waals surface area contributed by atoms with Gasteiger partial charge in [0, 0.05) is 16.3 Å². The fourth-order valence-electron chi connectivity index (χ4n) is 2.64. The van der Waals surface area contributed by atoms with Crippen LogP contribution in [0.3, 0.4) is 0 Å². The maximum Gasteiger partial charge on any atom is 0.0421 e. The number of thiophene rings is 1. The van der Waals surface area contributed by atoms with Crippen molar-refractivity contribution in [3.8, 4) is 0 Å². The predicted molar refractivity (Wildman–Crippen MR) is 84.9 cm³/mol. The molecular formula is C17H23NS. The van der Waals surface area contributed by atoms with Crippen LogP contribution in [0.1, 0.15) is 42.8 Å². The summed E-state index contributed by atoms with van der Waals surface area (Å²) in [5.74, 6) is 0. The third kappa shape index (κ3) is 3.07. The second-order valence-electron chi connectivity index (χ2n) is 5.57. The molecular weight excluding hydrogens is 250 g/mol. The zero-order valence-electron chi connectivity index (χ0n) is 12.2. The molecule has 1 nitrogen and oxygen atoms in total. The summed E-state index contributed by atoms with van der Waals surface area (Å²) in [6, 6.07) is 13.4. The van der Waals surface area contributed by atoms with Crippen LogP contribution < -0.4 is 5.32 Å². The first-order valence-corrected chi connectivity index (χ1v) is 7.77. The topological polar surface area (TPSA) is 12.0 Å². The fourth-order valence-corrected chi connectivity index (χ4v) is 3.37. The van der Waals surface area contributed by atoms with Gasteiger partial charge in [-0.25, -0.2) is 0 Å². The molecule has 0 bridgehead atoms. The van der Waals surface area contributed by atoms with Gasteiger partial charge in [0.1, 0.15) is 0 Å². The molecule has 2 aromatic rings. The Bertz CT molecular complexity index is 513. The molecule has 0 saturated carbocycles. The molecule has 0 aliphatic rings. The van der Waals surface area contributed by atoms with Crippen molar-refractivity contribution in [3.05, 3.63) is 57.8 Å². The van der Waals surface area contributed by atoms with Gasteiger partial charge in [-0.2, -0.15) is 0 Å². The van der Waals surface area contributed by atoms with Gasteiger partial charge in [-0.3, -0.25) is 0 Å². The van der Waals surface area contributed by atoms with Gasteiger partial charge in [0.25, 0.3) is 0 Å². The summed E-state index contributed by atoms with van der Waals surface area (Å²) in [5, 5.41) is 5.94. The molecule has 0 aliphatic carbocycles. The Hall–Kier alpha value is -1.12. The maximum absolute atomic E-state index is 3.66. The van der Waals surface area contributed by atoms with Gasteiger partial charge >= 0.3 is 0 Å². The summed E-state index contributed by atoms with van der Waals surface area (Å²) in [5.41, 5.74) is 2.85. The summed E-state index contributed by atoms with van der Waals surface area (Å²) in [6.07, 6.45) is 0. The number of rotatable bonds is 5. The molecule has 0 fully saturated rings. The highest BCUT2D eigenvalue weighted by Gasteiger charge is 2.32. The zero-order chi connectivity index (χ0) is 13.9. The van der Waals surface area contributed by atoms with Gasteiger partial charge in [-0.05, 0) is 36.0 Å². The number of hydrogen-bond donors (Lipinski definition) is 1. The molecule has 0 spiro atoms. The Balaban J connectivity index is 2.38. The minimum Gasteiger partial charge on any atom is -0.309 e. The Kier molecular flexibility index (Phi) is 4.43. The SMILES string of the molecule is CCNC(c1csc(C)c1)C(C)(C)c1ccccc1. The van der Waals surface area contributed by atoms with Gasteiger partial charge < -0.3 is 5.32 Å². The van der Waals surface area contributed by atoms with Gasteiger partial charge in [0.2, 0.25) is 0 Å². The largest absolute Gasteiger partial charge is 0.309 e. The van der Waals surface area contributed by atoms with Crippen LogP contribution in [-0.2, 0) is 5.41 Å². The molecule has 0 radical (unpaired) electrons. The lowest BCUT2D eigenvalue weighted by atomic mass is 9.75. The molecule has 0 amide bonds. The average molecular weight is 273 g/mol. The third-order valence-corrected chi connectivity index (χ3v) is 4.61. The van der Waals surface area contributed by atoms with Crippen molar-refractivity contribution >= 4 is 11.3 Å². The van der Waals surface area contributed by atoms with E-state index in [2.05, 4.69) is 74.8 Å². The lowest BCUT2D eigenvalue weighted by Crippen LogP contribution is -2.37. The van der Waals surface area contributed by atoms with E-state index in [9.17, 15) is 0 Å². The van der Waals surface area contributed by atoms with E-state index in [0.717, 1.165) is 6.54 Å². The van der Waals surface area contributed by atoms with Crippen molar-refractivity contribution in [3.63, 3.8) is 0 Å². The lowest BCUT2D eigenvalue weighted by molar-refractivity contribution is 0.354. The summed E-state index contributed by atoms with van der Waals surface area (Å²) in [4.78, 5) is 1.38. The van der Waals surface area contributed by atoms with Crippen molar-refractivity contribution < 1.29 is 0 Å². The highest BCUT2D eigenvalue weighted by Crippen LogP contribution is 2.38. The summed E-state index contributed by atoms with van der Waals surface area (Å²) < 4.78 is 0. The molecule has 1 aromatic carbocycles. The molecule has 102 valence electrons.